The number of nitrogens with zero attached hydrogens (tertiary/aromatic N) is 2. The van der Waals surface area contributed by atoms with E-state index in [2.05, 4.69) is 10.3 Å². The number of carboxylic acid groups (broad SMARTS) is 1. The van der Waals surface area contributed by atoms with Gasteiger partial charge in [-0.15, -0.1) is 0 Å². The van der Waals surface area contributed by atoms with Gasteiger partial charge >= 0.3 is 6.09 Å². The number of anilines is 1. The Morgan fingerprint density at radius 3 is 2.73 bits per heavy atom. The molecule has 8 nitrogen and oxygen atoms in total. The number of carbonyl (C=O) groups is 3. The van der Waals surface area contributed by atoms with Crippen LogP contribution in [0.3, 0.4) is 0 Å². The largest absolute Gasteiger partial charge is 0.465 e. The van der Waals surface area contributed by atoms with Crippen LogP contribution in [-0.4, -0.2) is 52.5 Å². The molecule has 0 saturated carbocycles. The lowest BCUT2D eigenvalue weighted by molar-refractivity contribution is -0.125. The molecule has 1 aromatic rings. The summed E-state index contributed by atoms with van der Waals surface area (Å²) in [6.07, 6.45) is 9.62. The van der Waals surface area contributed by atoms with Gasteiger partial charge < -0.3 is 15.3 Å². The standard InChI is InChI=1S/C22H28N4O4/c27-18(5-3-15-8-12-23-13-9-15)16-4-6-19(24-14-16)26-17-2-1-10-22(26,11-7-17)20(28)25-21(29)30/h1-2,4,6,14-15,17,23H,3,5,7-13H2,(H,25,28)(H,29,30). The lowest BCUT2D eigenvalue weighted by atomic mass is 9.89. The van der Waals surface area contributed by atoms with Gasteiger partial charge in [0.2, 0.25) is 0 Å². The van der Waals surface area contributed by atoms with Gasteiger partial charge in [-0.1, -0.05) is 12.2 Å². The van der Waals surface area contributed by atoms with Crippen LogP contribution >= 0.6 is 0 Å². The lowest BCUT2D eigenvalue weighted by Gasteiger charge is -2.41. The molecule has 2 atom stereocenters. The van der Waals surface area contributed by atoms with Gasteiger partial charge in [0, 0.05) is 24.2 Å². The minimum atomic E-state index is -1.35. The first kappa shape index (κ1) is 20.5. The number of carbonyl (C=O) groups excluding carboxylic acids is 2. The minimum Gasteiger partial charge on any atom is -0.465 e. The molecule has 160 valence electrons. The fraction of sp³-hybridized carbons (Fsp3) is 0.545. The summed E-state index contributed by atoms with van der Waals surface area (Å²) < 4.78 is 0. The third kappa shape index (κ3) is 3.96. The summed E-state index contributed by atoms with van der Waals surface area (Å²) in [7, 11) is 0. The van der Waals surface area contributed by atoms with Crippen molar-refractivity contribution in [3.8, 4) is 0 Å². The first-order chi connectivity index (χ1) is 14.5. The Labute approximate surface area is 175 Å². The zero-order valence-electron chi connectivity index (χ0n) is 17.0. The summed E-state index contributed by atoms with van der Waals surface area (Å²) in [6.45, 7) is 2.05. The quantitative estimate of drug-likeness (QED) is 0.486. The molecule has 0 aromatic carbocycles. The predicted octanol–water partition coefficient (Wildman–Crippen LogP) is 2.51. The number of amides is 2. The van der Waals surface area contributed by atoms with Gasteiger partial charge in [-0.2, -0.15) is 0 Å². The Balaban J connectivity index is 1.47. The Bertz CT molecular complexity index is 847. The second-order valence-corrected chi connectivity index (χ2v) is 8.46. The van der Waals surface area contributed by atoms with Gasteiger partial charge in [-0.05, 0) is 69.7 Å². The maximum atomic E-state index is 12.7. The van der Waals surface area contributed by atoms with E-state index >= 15 is 0 Å². The molecule has 4 rings (SSSR count). The highest BCUT2D eigenvalue weighted by Crippen LogP contribution is 2.43. The van der Waals surface area contributed by atoms with Gasteiger partial charge in [0.1, 0.15) is 11.4 Å². The molecule has 3 N–H and O–H groups in total. The third-order valence-electron chi connectivity index (χ3n) is 6.66. The summed E-state index contributed by atoms with van der Waals surface area (Å²) in [5, 5.41) is 14.4. The SMILES string of the molecule is O=C(O)NC(=O)C12CC=CC(CC1)N2c1ccc(C(=O)CCC2CCNCC2)cn1. The van der Waals surface area contributed by atoms with Crippen LogP contribution in [0.5, 0.6) is 0 Å². The van der Waals surface area contributed by atoms with Crippen LogP contribution < -0.4 is 15.5 Å². The van der Waals surface area contributed by atoms with Crippen molar-refractivity contribution in [3.63, 3.8) is 0 Å². The molecule has 8 heteroatoms. The van der Waals surface area contributed by atoms with Crippen molar-refractivity contribution in [2.45, 2.75) is 56.5 Å². The number of Topliss-reactive ketones (excluding diaryl/α,β-unsaturated/α-hetero) is 1. The normalized spacial score (nSPS) is 25.9. The highest BCUT2D eigenvalue weighted by molar-refractivity contribution is 6.00. The van der Waals surface area contributed by atoms with E-state index in [1.807, 2.05) is 22.4 Å². The van der Waals surface area contributed by atoms with Gasteiger partial charge in [0.15, 0.2) is 5.78 Å². The van der Waals surface area contributed by atoms with Crippen LogP contribution in [0.2, 0.25) is 0 Å². The number of fused-ring (bicyclic) bond motifs is 2. The number of pyridine rings is 1. The maximum Gasteiger partial charge on any atom is 0.411 e. The predicted molar refractivity (Wildman–Crippen MR) is 112 cm³/mol. The first-order valence-electron chi connectivity index (χ1n) is 10.7. The zero-order chi connectivity index (χ0) is 21.1. The molecular weight excluding hydrogens is 384 g/mol. The van der Waals surface area contributed by atoms with E-state index in [0.717, 1.165) is 38.8 Å². The molecule has 2 unspecified atom stereocenters. The number of piperidine rings is 1. The molecule has 3 aliphatic rings. The number of rotatable bonds is 6. The summed E-state index contributed by atoms with van der Waals surface area (Å²) in [5.41, 5.74) is -0.373. The molecule has 3 aliphatic heterocycles. The molecule has 2 amide bonds. The molecule has 0 aliphatic carbocycles. The number of hydrogen-bond acceptors (Lipinski definition) is 6. The van der Waals surface area contributed by atoms with Crippen LogP contribution in [0, 0.1) is 5.92 Å². The van der Waals surface area contributed by atoms with Crippen LogP contribution in [0.4, 0.5) is 10.6 Å². The number of aromatic nitrogens is 1. The molecule has 30 heavy (non-hydrogen) atoms. The van der Waals surface area contributed by atoms with Crippen molar-refractivity contribution in [3.05, 3.63) is 36.0 Å². The van der Waals surface area contributed by atoms with Crippen molar-refractivity contribution in [1.29, 1.82) is 0 Å². The van der Waals surface area contributed by atoms with E-state index in [4.69, 9.17) is 5.11 Å². The smallest absolute Gasteiger partial charge is 0.411 e. The summed E-state index contributed by atoms with van der Waals surface area (Å²) in [4.78, 5) is 42.8. The van der Waals surface area contributed by atoms with Crippen LogP contribution in [-0.2, 0) is 4.79 Å². The second-order valence-electron chi connectivity index (χ2n) is 8.46. The molecule has 1 aromatic heterocycles. The average molecular weight is 412 g/mol. The minimum absolute atomic E-state index is 0.00717. The monoisotopic (exact) mass is 412 g/mol. The molecule has 2 fully saturated rings. The van der Waals surface area contributed by atoms with Crippen LogP contribution in [0.25, 0.3) is 0 Å². The number of ketones is 1. The topological polar surface area (TPSA) is 112 Å². The van der Waals surface area contributed by atoms with Crippen molar-refractivity contribution in [2.24, 2.45) is 5.92 Å². The third-order valence-corrected chi connectivity index (χ3v) is 6.66. The van der Waals surface area contributed by atoms with E-state index in [1.165, 1.54) is 0 Å². The first-order valence-corrected chi connectivity index (χ1v) is 10.7. The fourth-order valence-electron chi connectivity index (χ4n) is 5.02. The number of nitrogens with one attached hydrogen (secondary N) is 2. The highest BCUT2D eigenvalue weighted by Gasteiger charge is 2.53. The van der Waals surface area contributed by atoms with E-state index < -0.39 is 17.5 Å². The summed E-state index contributed by atoms with van der Waals surface area (Å²) in [6, 6.07) is 3.54. The Morgan fingerprint density at radius 2 is 2.03 bits per heavy atom. The molecule has 2 bridgehead atoms. The van der Waals surface area contributed by atoms with Gasteiger partial charge in [0.25, 0.3) is 5.91 Å². The highest BCUT2D eigenvalue weighted by atomic mass is 16.4. The maximum absolute atomic E-state index is 12.7. The van der Waals surface area contributed by atoms with Crippen molar-refractivity contribution >= 4 is 23.6 Å². The number of hydrogen-bond donors (Lipinski definition) is 3. The molecule has 0 radical (unpaired) electrons. The zero-order valence-corrected chi connectivity index (χ0v) is 17.0. The van der Waals surface area contributed by atoms with E-state index in [9.17, 15) is 14.4 Å². The van der Waals surface area contributed by atoms with Gasteiger partial charge in [0.05, 0.1) is 0 Å². The van der Waals surface area contributed by atoms with E-state index in [1.54, 1.807) is 18.3 Å². The van der Waals surface area contributed by atoms with E-state index in [-0.39, 0.29) is 11.8 Å². The van der Waals surface area contributed by atoms with Gasteiger partial charge in [-0.25, -0.2) is 9.78 Å². The second kappa shape index (κ2) is 8.55. The summed E-state index contributed by atoms with van der Waals surface area (Å²) in [5.74, 6) is 0.765. The Kier molecular flexibility index (Phi) is 5.85. The average Bonchev–Trinajstić information content (AvgIpc) is 2.98. The van der Waals surface area contributed by atoms with Crippen LogP contribution in [0.1, 0.15) is 55.3 Å². The summed E-state index contributed by atoms with van der Waals surface area (Å²) >= 11 is 0. The Hall–Kier alpha value is -2.74. The molecule has 0 spiro atoms. The van der Waals surface area contributed by atoms with Gasteiger partial charge in [-0.3, -0.25) is 14.9 Å². The van der Waals surface area contributed by atoms with Crippen molar-refractivity contribution in [1.82, 2.24) is 15.6 Å². The van der Waals surface area contributed by atoms with E-state index in [0.29, 0.717) is 36.6 Å². The molecule has 4 heterocycles. The molecule has 2 saturated heterocycles. The van der Waals surface area contributed by atoms with Crippen molar-refractivity contribution < 1.29 is 19.5 Å². The molecular formula is C22H28N4O4. The Morgan fingerprint density at radius 1 is 1.23 bits per heavy atom. The fourth-order valence-corrected chi connectivity index (χ4v) is 5.02. The number of imide groups is 1. The van der Waals surface area contributed by atoms with Crippen molar-refractivity contribution in [2.75, 3.05) is 18.0 Å². The lowest BCUT2D eigenvalue weighted by Crippen LogP contribution is -2.59. The van der Waals surface area contributed by atoms with Crippen LogP contribution in [0.15, 0.2) is 30.5 Å².